The van der Waals surface area contributed by atoms with Crippen molar-refractivity contribution in [3.8, 4) is 0 Å². The van der Waals surface area contributed by atoms with Crippen LogP contribution in [0.5, 0.6) is 0 Å². The van der Waals surface area contributed by atoms with Crippen LogP contribution in [0.2, 0.25) is 0 Å². The number of benzene rings is 2. The molecule has 0 unspecified atom stereocenters. The second kappa shape index (κ2) is 7.48. The molecule has 0 spiro atoms. The Kier molecular flexibility index (Phi) is 5.40. The minimum atomic E-state index is -3.47. The van der Waals surface area contributed by atoms with Gasteiger partial charge in [-0.25, -0.2) is 16.8 Å². The molecule has 2 aromatic rings. The molecule has 28 heavy (non-hydrogen) atoms. The number of hydrogen-bond donors (Lipinski definition) is 1. The normalized spacial score (nSPS) is 15.7. The van der Waals surface area contributed by atoms with Gasteiger partial charge in [0, 0.05) is 17.7 Å². The maximum Gasteiger partial charge on any atom is 0.228 e. The van der Waals surface area contributed by atoms with Crippen molar-refractivity contribution in [1.29, 1.82) is 0 Å². The number of anilines is 1. The van der Waals surface area contributed by atoms with Crippen LogP contribution in [0.25, 0.3) is 0 Å². The standard InChI is InChI=1S/C19H19NO6S2/c1-2-27(23,24)15-6-3-13(4-7-15)11-19(22)20-14-5-8-18-16(12-14)17(21)9-10-28(18,25)26/h3-8,12H,2,9-11H2,1H3,(H,20,22). The van der Waals surface area contributed by atoms with Crippen LogP contribution in [0, 0.1) is 0 Å². The largest absolute Gasteiger partial charge is 0.326 e. The van der Waals surface area contributed by atoms with E-state index >= 15 is 0 Å². The number of nitrogens with one attached hydrogen (secondary N) is 1. The van der Waals surface area contributed by atoms with Gasteiger partial charge in [-0.2, -0.15) is 0 Å². The van der Waals surface area contributed by atoms with Crippen molar-refractivity contribution in [3.05, 3.63) is 53.6 Å². The van der Waals surface area contributed by atoms with E-state index in [0.717, 1.165) is 0 Å². The Morgan fingerprint density at radius 3 is 2.43 bits per heavy atom. The molecule has 0 atom stereocenters. The third-order valence-corrected chi connectivity index (χ3v) is 8.04. The zero-order chi connectivity index (χ0) is 20.5. The van der Waals surface area contributed by atoms with Gasteiger partial charge in [0.2, 0.25) is 5.91 Å². The number of rotatable bonds is 5. The van der Waals surface area contributed by atoms with Gasteiger partial charge in [0.05, 0.1) is 27.7 Å². The molecule has 1 amide bonds. The van der Waals surface area contributed by atoms with Crippen molar-refractivity contribution in [2.75, 3.05) is 16.8 Å². The summed E-state index contributed by atoms with van der Waals surface area (Å²) in [5, 5.41) is 2.64. The monoisotopic (exact) mass is 421 g/mol. The van der Waals surface area contributed by atoms with E-state index in [-0.39, 0.29) is 51.4 Å². The molecule has 3 rings (SSSR count). The zero-order valence-corrected chi connectivity index (χ0v) is 16.8. The summed E-state index contributed by atoms with van der Waals surface area (Å²) < 4.78 is 47.7. The van der Waals surface area contributed by atoms with Crippen molar-refractivity contribution in [3.63, 3.8) is 0 Å². The van der Waals surface area contributed by atoms with Gasteiger partial charge in [-0.1, -0.05) is 19.1 Å². The molecule has 2 aromatic carbocycles. The average Bonchev–Trinajstić information content (AvgIpc) is 2.65. The van der Waals surface area contributed by atoms with Gasteiger partial charge in [0.25, 0.3) is 0 Å². The van der Waals surface area contributed by atoms with Crippen LogP contribution >= 0.6 is 0 Å². The summed E-state index contributed by atoms with van der Waals surface area (Å²) in [7, 11) is -6.77. The molecule has 148 valence electrons. The summed E-state index contributed by atoms with van der Waals surface area (Å²) in [6.45, 7) is 1.56. The lowest BCUT2D eigenvalue weighted by atomic mass is 10.1. The fourth-order valence-corrected chi connectivity index (χ4v) is 5.28. The quantitative estimate of drug-likeness (QED) is 0.790. The number of hydrogen-bond acceptors (Lipinski definition) is 6. The summed E-state index contributed by atoms with van der Waals surface area (Å²) in [5.41, 5.74) is 1.06. The molecular formula is C19H19NO6S2. The van der Waals surface area contributed by atoms with Gasteiger partial charge in [0.15, 0.2) is 25.5 Å². The van der Waals surface area contributed by atoms with Crippen molar-refractivity contribution < 1.29 is 26.4 Å². The highest BCUT2D eigenvalue weighted by Crippen LogP contribution is 2.27. The fourth-order valence-electron chi connectivity index (χ4n) is 2.94. The maximum absolute atomic E-state index is 12.3. The maximum atomic E-state index is 12.3. The van der Waals surface area contributed by atoms with Crippen molar-refractivity contribution in [2.24, 2.45) is 0 Å². The smallest absolute Gasteiger partial charge is 0.228 e. The van der Waals surface area contributed by atoms with Gasteiger partial charge in [-0.05, 0) is 35.9 Å². The lowest BCUT2D eigenvalue weighted by Crippen LogP contribution is -2.22. The molecule has 9 heteroatoms. The molecule has 0 fully saturated rings. The SMILES string of the molecule is CCS(=O)(=O)c1ccc(CC(=O)Nc2ccc3c(c2)C(=O)CCS3(=O)=O)cc1. The zero-order valence-electron chi connectivity index (χ0n) is 15.1. The van der Waals surface area contributed by atoms with Crippen LogP contribution in [0.1, 0.15) is 29.3 Å². The minimum absolute atomic E-state index is 0.000395. The molecule has 0 radical (unpaired) electrons. The molecule has 1 aliphatic rings. The topological polar surface area (TPSA) is 114 Å². The van der Waals surface area contributed by atoms with Gasteiger partial charge >= 0.3 is 0 Å². The van der Waals surface area contributed by atoms with Gasteiger partial charge < -0.3 is 5.32 Å². The number of sulfone groups is 2. The number of carbonyl (C=O) groups is 2. The molecule has 0 saturated carbocycles. The van der Waals surface area contributed by atoms with E-state index in [4.69, 9.17) is 0 Å². The molecule has 0 bridgehead atoms. The number of Topliss-reactive ketones (excluding diaryl/α,β-unsaturated/α-hetero) is 1. The average molecular weight is 421 g/mol. The number of amides is 1. The predicted octanol–water partition coefficient (Wildman–Crippen LogP) is 2.02. The van der Waals surface area contributed by atoms with Gasteiger partial charge in [-0.15, -0.1) is 0 Å². The van der Waals surface area contributed by atoms with Crippen LogP contribution in [-0.2, 0) is 30.9 Å². The molecule has 1 aliphatic heterocycles. The van der Waals surface area contributed by atoms with Crippen LogP contribution in [0.4, 0.5) is 5.69 Å². The Hall–Kier alpha value is -2.52. The Balaban J connectivity index is 1.74. The summed E-state index contributed by atoms with van der Waals surface area (Å²) >= 11 is 0. The predicted molar refractivity (Wildman–Crippen MR) is 104 cm³/mol. The van der Waals surface area contributed by atoms with E-state index in [2.05, 4.69) is 5.32 Å². The lowest BCUT2D eigenvalue weighted by molar-refractivity contribution is -0.115. The van der Waals surface area contributed by atoms with E-state index in [9.17, 15) is 26.4 Å². The van der Waals surface area contributed by atoms with Crippen molar-refractivity contribution >= 4 is 37.1 Å². The molecule has 7 nitrogen and oxygen atoms in total. The molecule has 1 N–H and O–H groups in total. The first kappa shape index (κ1) is 20.2. The van der Waals surface area contributed by atoms with Crippen LogP contribution in [-0.4, -0.2) is 40.0 Å². The number of fused-ring (bicyclic) bond motifs is 1. The first-order valence-corrected chi connectivity index (χ1v) is 11.9. The highest BCUT2D eigenvalue weighted by Gasteiger charge is 2.29. The van der Waals surface area contributed by atoms with Crippen molar-refractivity contribution in [2.45, 2.75) is 29.6 Å². The summed E-state index contributed by atoms with van der Waals surface area (Å²) in [5.74, 6) is -0.834. The van der Waals surface area contributed by atoms with Crippen LogP contribution in [0.3, 0.4) is 0 Å². The van der Waals surface area contributed by atoms with Gasteiger partial charge in [0.1, 0.15) is 0 Å². The van der Waals surface area contributed by atoms with E-state index < -0.39 is 19.7 Å². The Bertz CT molecular complexity index is 1150. The molecule has 1 heterocycles. The number of carbonyl (C=O) groups excluding carboxylic acids is 2. The summed E-state index contributed by atoms with van der Waals surface area (Å²) in [6, 6.07) is 10.2. The molecular weight excluding hydrogens is 402 g/mol. The second-order valence-electron chi connectivity index (χ2n) is 6.48. The molecule has 0 aromatic heterocycles. The van der Waals surface area contributed by atoms with E-state index in [1.165, 1.54) is 30.3 Å². The summed E-state index contributed by atoms with van der Waals surface area (Å²) in [6.07, 6.45) is -0.0600. The van der Waals surface area contributed by atoms with Gasteiger partial charge in [-0.3, -0.25) is 9.59 Å². The Labute approximate surface area is 163 Å². The Morgan fingerprint density at radius 1 is 1.11 bits per heavy atom. The van der Waals surface area contributed by atoms with Crippen LogP contribution in [0.15, 0.2) is 52.3 Å². The van der Waals surface area contributed by atoms with E-state index in [0.29, 0.717) is 11.3 Å². The fraction of sp³-hybridized carbons (Fsp3) is 0.263. The summed E-state index contributed by atoms with van der Waals surface area (Å²) in [4.78, 5) is 24.5. The minimum Gasteiger partial charge on any atom is -0.326 e. The first-order chi connectivity index (χ1) is 13.1. The highest BCUT2D eigenvalue weighted by atomic mass is 32.2. The first-order valence-electron chi connectivity index (χ1n) is 8.64. The molecule has 0 aliphatic carbocycles. The Morgan fingerprint density at radius 2 is 1.79 bits per heavy atom. The second-order valence-corrected chi connectivity index (χ2v) is 10.8. The third kappa shape index (κ3) is 4.15. The van der Waals surface area contributed by atoms with E-state index in [1.807, 2.05) is 0 Å². The lowest BCUT2D eigenvalue weighted by Gasteiger charge is -2.16. The van der Waals surface area contributed by atoms with Crippen LogP contribution < -0.4 is 5.32 Å². The number of ketones is 1. The third-order valence-electron chi connectivity index (χ3n) is 4.52. The van der Waals surface area contributed by atoms with Crippen molar-refractivity contribution in [1.82, 2.24) is 0 Å². The molecule has 0 saturated heterocycles. The van der Waals surface area contributed by atoms with E-state index in [1.54, 1.807) is 19.1 Å². The highest BCUT2D eigenvalue weighted by molar-refractivity contribution is 7.91.